The molecule has 5 heteroatoms. The van der Waals surface area contributed by atoms with Crippen LogP contribution in [0.25, 0.3) is 0 Å². The van der Waals surface area contributed by atoms with Gasteiger partial charge in [-0.2, -0.15) is 0 Å². The van der Waals surface area contributed by atoms with Crippen LogP contribution in [-0.2, 0) is 14.3 Å². The average molecular weight is 271 g/mol. The number of methoxy groups -OCH3 is 1. The molecule has 1 heterocycles. The highest BCUT2D eigenvalue weighted by Gasteiger charge is 2.30. The number of amides is 1. The maximum absolute atomic E-state index is 12.0. The second kappa shape index (κ2) is 6.89. The molecule has 5 nitrogen and oxygen atoms in total. The molecule has 1 rings (SSSR count). The van der Waals surface area contributed by atoms with E-state index in [1.54, 1.807) is 12.0 Å². The molecule has 0 saturated carbocycles. The molecule has 0 spiro atoms. The zero-order valence-corrected chi connectivity index (χ0v) is 12.4. The Labute approximate surface area is 115 Å². The number of likely N-dealkylation sites (tertiary alicyclic amines) is 1. The van der Waals surface area contributed by atoms with Crippen LogP contribution in [0.2, 0.25) is 0 Å². The Morgan fingerprint density at radius 1 is 1.32 bits per heavy atom. The van der Waals surface area contributed by atoms with Crippen molar-refractivity contribution in [2.75, 3.05) is 26.8 Å². The Morgan fingerprint density at radius 2 is 2.00 bits per heavy atom. The van der Waals surface area contributed by atoms with Crippen molar-refractivity contribution in [3.8, 4) is 0 Å². The number of hydrogen-bond acceptors (Lipinski definition) is 4. The Bertz CT molecular complexity index is 322. The summed E-state index contributed by atoms with van der Waals surface area (Å²) in [4.78, 5) is 25.6. The Morgan fingerprint density at radius 3 is 2.58 bits per heavy atom. The van der Waals surface area contributed by atoms with Crippen LogP contribution in [0.1, 0.15) is 40.0 Å². The van der Waals surface area contributed by atoms with Crippen molar-refractivity contribution in [1.82, 2.24) is 4.90 Å². The molecule has 0 bridgehead atoms. The summed E-state index contributed by atoms with van der Waals surface area (Å²) in [5.41, 5.74) is -0.496. The molecule has 1 aliphatic heterocycles. The van der Waals surface area contributed by atoms with Crippen molar-refractivity contribution < 1.29 is 19.1 Å². The van der Waals surface area contributed by atoms with Gasteiger partial charge >= 0.3 is 6.09 Å². The molecule has 1 fully saturated rings. The SMILES string of the molecule is COCCC(=O)[C@H]1CCCN(C(=O)OC(C)(C)C)C1. The summed E-state index contributed by atoms with van der Waals surface area (Å²) in [6, 6.07) is 0. The van der Waals surface area contributed by atoms with Gasteiger partial charge in [0, 0.05) is 32.5 Å². The molecule has 19 heavy (non-hydrogen) atoms. The van der Waals surface area contributed by atoms with E-state index in [9.17, 15) is 9.59 Å². The van der Waals surface area contributed by atoms with Crippen molar-refractivity contribution >= 4 is 11.9 Å². The predicted molar refractivity (Wildman–Crippen MR) is 72.0 cm³/mol. The molecule has 0 aliphatic carbocycles. The van der Waals surface area contributed by atoms with E-state index in [-0.39, 0.29) is 17.8 Å². The fourth-order valence-electron chi connectivity index (χ4n) is 2.14. The van der Waals surface area contributed by atoms with E-state index in [1.165, 1.54) is 0 Å². The third-order valence-electron chi connectivity index (χ3n) is 3.08. The van der Waals surface area contributed by atoms with Crippen LogP contribution in [0.5, 0.6) is 0 Å². The van der Waals surface area contributed by atoms with Gasteiger partial charge in [-0.1, -0.05) is 0 Å². The van der Waals surface area contributed by atoms with Crippen LogP contribution >= 0.6 is 0 Å². The van der Waals surface area contributed by atoms with E-state index in [1.807, 2.05) is 20.8 Å². The van der Waals surface area contributed by atoms with Gasteiger partial charge in [-0.3, -0.25) is 4.79 Å². The minimum atomic E-state index is -0.496. The lowest BCUT2D eigenvalue weighted by Crippen LogP contribution is -2.44. The highest BCUT2D eigenvalue weighted by Crippen LogP contribution is 2.20. The predicted octanol–water partition coefficient (Wildman–Crippen LogP) is 2.24. The normalized spacial score (nSPS) is 20.2. The van der Waals surface area contributed by atoms with Gasteiger partial charge in [0.25, 0.3) is 0 Å². The highest BCUT2D eigenvalue weighted by atomic mass is 16.6. The van der Waals surface area contributed by atoms with Gasteiger partial charge in [0.05, 0.1) is 6.61 Å². The molecule has 0 aromatic rings. The zero-order valence-electron chi connectivity index (χ0n) is 12.4. The van der Waals surface area contributed by atoms with E-state index in [0.717, 1.165) is 12.8 Å². The first-order valence-electron chi connectivity index (χ1n) is 6.83. The number of ether oxygens (including phenoxy) is 2. The fourth-order valence-corrected chi connectivity index (χ4v) is 2.14. The van der Waals surface area contributed by atoms with E-state index >= 15 is 0 Å². The first-order valence-corrected chi connectivity index (χ1v) is 6.83. The maximum Gasteiger partial charge on any atom is 0.410 e. The number of piperidine rings is 1. The molecule has 1 saturated heterocycles. The van der Waals surface area contributed by atoms with Gasteiger partial charge < -0.3 is 14.4 Å². The summed E-state index contributed by atoms with van der Waals surface area (Å²) in [5, 5.41) is 0. The molecule has 1 aliphatic rings. The summed E-state index contributed by atoms with van der Waals surface area (Å²) >= 11 is 0. The molecule has 0 N–H and O–H groups in total. The smallest absolute Gasteiger partial charge is 0.410 e. The van der Waals surface area contributed by atoms with Crippen molar-refractivity contribution in [1.29, 1.82) is 0 Å². The standard InChI is InChI=1S/C14H25NO4/c1-14(2,3)19-13(17)15-8-5-6-11(10-15)12(16)7-9-18-4/h11H,5-10H2,1-4H3/t11-/m0/s1. The van der Waals surface area contributed by atoms with E-state index in [0.29, 0.717) is 26.1 Å². The summed E-state index contributed by atoms with van der Waals surface area (Å²) in [6.45, 7) is 7.12. The number of rotatable bonds is 4. The van der Waals surface area contributed by atoms with E-state index < -0.39 is 5.60 Å². The fraction of sp³-hybridized carbons (Fsp3) is 0.857. The summed E-state index contributed by atoms with van der Waals surface area (Å²) < 4.78 is 10.3. The van der Waals surface area contributed by atoms with Crippen molar-refractivity contribution in [2.45, 2.75) is 45.6 Å². The highest BCUT2D eigenvalue weighted by molar-refractivity contribution is 5.82. The number of hydrogen-bond donors (Lipinski definition) is 0. The Hall–Kier alpha value is -1.10. The largest absolute Gasteiger partial charge is 0.444 e. The molecular weight excluding hydrogens is 246 g/mol. The first-order chi connectivity index (χ1) is 8.83. The lowest BCUT2D eigenvalue weighted by atomic mass is 9.92. The second-order valence-corrected chi connectivity index (χ2v) is 5.97. The molecule has 1 amide bonds. The minimum absolute atomic E-state index is 0.0728. The maximum atomic E-state index is 12.0. The number of Topliss-reactive ketones (excluding diaryl/α,β-unsaturated/α-hetero) is 1. The molecule has 110 valence electrons. The van der Waals surface area contributed by atoms with Gasteiger partial charge in [-0.15, -0.1) is 0 Å². The number of carbonyl (C=O) groups is 2. The lowest BCUT2D eigenvalue weighted by molar-refractivity contribution is -0.125. The number of ketones is 1. The van der Waals surface area contributed by atoms with Crippen LogP contribution in [0.4, 0.5) is 4.79 Å². The molecule has 1 atom stereocenters. The Balaban J connectivity index is 2.50. The quantitative estimate of drug-likeness (QED) is 0.787. The van der Waals surface area contributed by atoms with Crippen molar-refractivity contribution in [2.24, 2.45) is 5.92 Å². The lowest BCUT2D eigenvalue weighted by Gasteiger charge is -2.33. The number of carbonyl (C=O) groups excluding carboxylic acids is 2. The molecular formula is C14H25NO4. The minimum Gasteiger partial charge on any atom is -0.444 e. The van der Waals surface area contributed by atoms with Crippen LogP contribution in [0.3, 0.4) is 0 Å². The topological polar surface area (TPSA) is 55.8 Å². The van der Waals surface area contributed by atoms with Gasteiger partial charge in [0.2, 0.25) is 0 Å². The molecule has 0 unspecified atom stereocenters. The van der Waals surface area contributed by atoms with Gasteiger partial charge in [0.1, 0.15) is 11.4 Å². The van der Waals surface area contributed by atoms with Crippen LogP contribution < -0.4 is 0 Å². The Kier molecular flexibility index (Phi) is 5.79. The van der Waals surface area contributed by atoms with Crippen LogP contribution in [-0.4, -0.2) is 49.2 Å². The monoisotopic (exact) mass is 271 g/mol. The first kappa shape index (κ1) is 16.0. The molecule has 0 aromatic heterocycles. The summed E-state index contributed by atoms with van der Waals surface area (Å²) in [6.07, 6.45) is 1.80. The summed E-state index contributed by atoms with van der Waals surface area (Å²) in [5.74, 6) is 0.103. The van der Waals surface area contributed by atoms with Crippen molar-refractivity contribution in [3.63, 3.8) is 0 Å². The van der Waals surface area contributed by atoms with E-state index in [2.05, 4.69) is 0 Å². The molecule has 0 radical (unpaired) electrons. The van der Waals surface area contributed by atoms with Gasteiger partial charge in [0.15, 0.2) is 0 Å². The van der Waals surface area contributed by atoms with Crippen LogP contribution in [0.15, 0.2) is 0 Å². The molecule has 0 aromatic carbocycles. The second-order valence-electron chi connectivity index (χ2n) is 5.97. The third kappa shape index (κ3) is 5.59. The van der Waals surface area contributed by atoms with Crippen molar-refractivity contribution in [3.05, 3.63) is 0 Å². The van der Waals surface area contributed by atoms with Crippen LogP contribution in [0, 0.1) is 5.92 Å². The number of nitrogens with zero attached hydrogens (tertiary/aromatic N) is 1. The van der Waals surface area contributed by atoms with Gasteiger partial charge in [-0.05, 0) is 33.6 Å². The average Bonchev–Trinajstić information content (AvgIpc) is 2.34. The van der Waals surface area contributed by atoms with Gasteiger partial charge in [-0.25, -0.2) is 4.79 Å². The summed E-state index contributed by atoms with van der Waals surface area (Å²) in [7, 11) is 1.58. The van der Waals surface area contributed by atoms with E-state index in [4.69, 9.17) is 9.47 Å². The third-order valence-corrected chi connectivity index (χ3v) is 3.08. The zero-order chi connectivity index (χ0) is 14.5.